The fraction of sp³-hybridized carbons (Fsp3) is 0.647. The number of nitrogens with one attached hydrogen (secondary N) is 1. The van der Waals surface area contributed by atoms with Crippen LogP contribution in [0.3, 0.4) is 0 Å². The average Bonchev–Trinajstić information content (AvgIpc) is 2.43. The van der Waals surface area contributed by atoms with E-state index in [1.807, 2.05) is 13.8 Å². The molecule has 2 heteroatoms. The number of hydrogen-bond acceptors (Lipinski definition) is 2. The molecule has 2 nitrogen and oxygen atoms in total. The van der Waals surface area contributed by atoms with Crippen molar-refractivity contribution in [1.82, 2.24) is 5.32 Å². The van der Waals surface area contributed by atoms with E-state index in [2.05, 4.69) is 24.4 Å². The van der Waals surface area contributed by atoms with Crippen molar-refractivity contribution in [1.29, 1.82) is 0 Å². The van der Waals surface area contributed by atoms with Crippen LogP contribution in [0.4, 0.5) is 0 Å². The summed E-state index contributed by atoms with van der Waals surface area (Å²) in [6, 6.07) is 4.76. The average molecular weight is 261 g/mol. The number of benzene rings is 1. The number of phenolic OH excluding ortho intramolecular Hbond substituents is 1. The molecule has 2 rings (SSSR count). The molecular formula is C17H27NO. The fourth-order valence-electron chi connectivity index (χ4n) is 3.23. The Kier molecular flexibility index (Phi) is 4.87. The smallest absolute Gasteiger partial charge is 0.121 e. The molecule has 1 aromatic rings. The van der Waals surface area contributed by atoms with E-state index in [1.54, 1.807) is 0 Å². The van der Waals surface area contributed by atoms with Crippen LogP contribution in [-0.4, -0.2) is 11.1 Å². The van der Waals surface area contributed by atoms with Gasteiger partial charge in [0.15, 0.2) is 0 Å². The molecule has 0 radical (unpaired) electrons. The van der Waals surface area contributed by atoms with Crippen molar-refractivity contribution in [3.05, 3.63) is 28.8 Å². The molecular weight excluding hydrogens is 234 g/mol. The molecule has 2 N–H and O–H groups in total. The first-order valence-corrected chi connectivity index (χ1v) is 7.60. The summed E-state index contributed by atoms with van der Waals surface area (Å²) in [4.78, 5) is 0. The second-order valence-corrected chi connectivity index (χ2v) is 6.15. The molecule has 0 unspecified atom stereocenters. The molecule has 0 aromatic heterocycles. The lowest BCUT2D eigenvalue weighted by Gasteiger charge is -2.28. The van der Waals surface area contributed by atoms with E-state index < -0.39 is 0 Å². The highest BCUT2D eigenvalue weighted by molar-refractivity contribution is 5.42. The number of phenols is 1. The van der Waals surface area contributed by atoms with Gasteiger partial charge in [-0.2, -0.15) is 0 Å². The van der Waals surface area contributed by atoms with Gasteiger partial charge >= 0.3 is 0 Å². The highest BCUT2D eigenvalue weighted by Gasteiger charge is 2.19. The molecule has 0 bridgehead atoms. The van der Waals surface area contributed by atoms with Gasteiger partial charge in [0.05, 0.1) is 0 Å². The van der Waals surface area contributed by atoms with Gasteiger partial charge in [0, 0.05) is 12.6 Å². The van der Waals surface area contributed by atoms with Gasteiger partial charge in [0.25, 0.3) is 0 Å². The third-order valence-electron chi connectivity index (χ3n) is 4.54. The van der Waals surface area contributed by atoms with Crippen LogP contribution >= 0.6 is 0 Å². The van der Waals surface area contributed by atoms with Gasteiger partial charge in [-0.15, -0.1) is 0 Å². The summed E-state index contributed by atoms with van der Waals surface area (Å²) in [5.41, 5.74) is 3.22. The number of aromatic hydroxyl groups is 1. The van der Waals surface area contributed by atoms with Gasteiger partial charge in [-0.1, -0.05) is 31.4 Å². The van der Waals surface area contributed by atoms with Gasteiger partial charge in [0.1, 0.15) is 5.75 Å². The molecule has 0 heterocycles. The van der Waals surface area contributed by atoms with Crippen molar-refractivity contribution in [3.8, 4) is 5.75 Å². The Morgan fingerprint density at radius 3 is 2.32 bits per heavy atom. The molecule has 0 saturated heterocycles. The van der Waals surface area contributed by atoms with E-state index in [0.29, 0.717) is 11.8 Å². The molecule has 1 aliphatic carbocycles. The molecule has 0 amide bonds. The normalized spacial score (nSPS) is 18.5. The number of hydrogen-bond donors (Lipinski definition) is 2. The zero-order chi connectivity index (χ0) is 13.8. The van der Waals surface area contributed by atoms with Crippen molar-refractivity contribution in [3.63, 3.8) is 0 Å². The molecule has 1 aromatic carbocycles. The minimum absolute atomic E-state index is 0.434. The summed E-state index contributed by atoms with van der Waals surface area (Å²) < 4.78 is 0. The Hall–Kier alpha value is -1.02. The first kappa shape index (κ1) is 14.4. The van der Waals surface area contributed by atoms with Gasteiger partial charge in [-0.25, -0.2) is 0 Å². The summed E-state index contributed by atoms with van der Waals surface area (Å²) in [7, 11) is 0. The fourth-order valence-corrected chi connectivity index (χ4v) is 3.23. The third kappa shape index (κ3) is 3.73. The van der Waals surface area contributed by atoms with Crippen LogP contribution in [0.1, 0.15) is 55.7 Å². The van der Waals surface area contributed by atoms with E-state index in [0.717, 1.165) is 23.6 Å². The standard InChI is InChI=1S/C17H27NO/c1-12-9-15(10-13(2)17(12)19)11-18-14(3)16-7-5-4-6-8-16/h9-10,14,16,18-19H,4-8,11H2,1-3H3/t14-/m1/s1. The first-order chi connectivity index (χ1) is 9.08. The highest BCUT2D eigenvalue weighted by Crippen LogP contribution is 2.27. The largest absolute Gasteiger partial charge is 0.507 e. The summed E-state index contributed by atoms with van der Waals surface area (Å²) in [6.07, 6.45) is 6.96. The van der Waals surface area contributed by atoms with Crippen LogP contribution in [0, 0.1) is 19.8 Å². The molecule has 0 aliphatic heterocycles. The Morgan fingerprint density at radius 1 is 1.16 bits per heavy atom. The van der Waals surface area contributed by atoms with E-state index >= 15 is 0 Å². The van der Waals surface area contributed by atoms with Gasteiger partial charge in [-0.3, -0.25) is 0 Å². The molecule has 1 saturated carbocycles. The maximum atomic E-state index is 9.79. The van der Waals surface area contributed by atoms with E-state index in [-0.39, 0.29) is 0 Å². The SMILES string of the molecule is Cc1cc(CN[C@H](C)C2CCCCC2)cc(C)c1O. The van der Waals surface area contributed by atoms with Gasteiger partial charge in [0.2, 0.25) is 0 Å². The minimum Gasteiger partial charge on any atom is -0.507 e. The monoisotopic (exact) mass is 261 g/mol. The molecule has 1 atom stereocenters. The summed E-state index contributed by atoms with van der Waals surface area (Å²) >= 11 is 0. The van der Waals surface area contributed by atoms with Crippen molar-refractivity contribution >= 4 is 0 Å². The Morgan fingerprint density at radius 2 is 1.74 bits per heavy atom. The second-order valence-electron chi connectivity index (χ2n) is 6.15. The zero-order valence-corrected chi connectivity index (χ0v) is 12.5. The molecule has 0 spiro atoms. The van der Waals surface area contributed by atoms with Crippen molar-refractivity contribution in [2.75, 3.05) is 0 Å². The van der Waals surface area contributed by atoms with Crippen LogP contribution in [0.15, 0.2) is 12.1 Å². The van der Waals surface area contributed by atoms with Crippen LogP contribution in [0.2, 0.25) is 0 Å². The molecule has 1 aliphatic rings. The topological polar surface area (TPSA) is 32.3 Å². The third-order valence-corrected chi connectivity index (χ3v) is 4.54. The first-order valence-electron chi connectivity index (χ1n) is 7.60. The lowest BCUT2D eigenvalue weighted by Crippen LogP contribution is -2.34. The van der Waals surface area contributed by atoms with E-state index in [9.17, 15) is 5.11 Å². The van der Waals surface area contributed by atoms with Crippen LogP contribution < -0.4 is 5.32 Å². The summed E-state index contributed by atoms with van der Waals surface area (Å²) in [5.74, 6) is 1.28. The van der Waals surface area contributed by atoms with E-state index in [4.69, 9.17) is 0 Å². The Labute approximate surface area is 117 Å². The highest BCUT2D eigenvalue weighted by atomic mass is 16.3. The quantitative estimate of drug-likeness (QED) is 0.856. The zero-order valence-electron chi connectivity index (χ0n) is 12.5. The van der Waals surface area contributed by atoms with Crippen molar-refractivity contribution < 1.29 is 5.11 Å². The van der Waals surface area contributed by atoms with Crippen LogP contribution in [0.25, 0.3) is 0 Å². The lowest BCUT2D eigenvalue weighted by molar-refractivity contribution is 0.280. The Balaban J connectivity index is 1.91. The van der Waals surface area contributed by atoms with E-state index in [1.165, 1.54) is 37.7 Å². The Bertz CT molecular complexity index is 398. The second kappa shape index (κ2) is 6.42. The van der Waals surface area contributed by atoms with Crippen molar-refractivity contribution in [2.24, 2.45) is 5.92 Å². The molecule has 1 fully saturated rings. The summed E-state index contributed by atoms with van der Waals surface area (Å²) in [6.45, 7) is 7.16. The molecule has 106 valence electrons. The predicted molar refractivity (Wildman–Crippen MR) is 80.5 cm³/mol. The van der Waals surface area contributed by atoms with Gasteiger partial charge < -0.3 is 10.4 Å². The minimum atomic E-state index is 0.434. The van der Waals surface area contributed by atoms with Crippen LogP contribution in [-0.2, 0) is 6.54 Å². The summed E-state index contributed by atoms with van der Waals surface area (Å²) in [5, 5.41) is 13.5. The molecule has 19 heavy (non-hydrogen) atoms. The maximum absolute atomic E-state index is 9.79. The predicted octanol–water partition coefficient (Wildman–Crippen LogP) is 4.07. The number of rotatable bonds is 4. The lowest BCUT2D eigenvalue weighted by atomic mass is 9.84. The number of aryl methyl sites for hydroxylation is 2. The maximum Gasteiger partial charge on any atom is 0.121 e. The van der Waals surface area contributed by atoms with Crippen LogP contribution in [0.5, 0.6) is 5.75 Å². The van der Waals surface area contributed by atoms with Gasteiger partial charge in [-0.05, 0) is 56.2 Å². The van der Waals surface area contributed by atoms with Crippen molar-refractivity contribution in [2.45, 2.75) is 65.5 Å².